The highest BCUT2D eigenvalue weighted by molar-refractivity contribution is 7.86. The van der Waals surface area contributed by atoms with Crippen molar-refractivity contribution in [3.05, 3.63) is 0 Å². The molecule has 0 aromatic carbocycles. The smallest absolute Gasteiger partial charge is 0.322 e. The zero-order valence-corrected chi connectivity index (χ0v) is 10.7. The second kappa shape index (κ2) is 4.55. The first-order chi connectivity index (χ1) is 7.93. The highest BCUT2D eigenvalue weighted by atomic mass is 32.2. The molecule has 1 saturated carbocycles. The zero-order chi connectivity index (χ0) is 12.6. The Morgan fingerprint density at radius 3 is 2.59 bits per heavy atom. The van der Waals surface area contributed by atoms with Crippen molar-refractivity contribution < 1.29 is 18.3 Å². The van der Waals surface area contributed by atoms with Crippen LogP contribution in [0.4, 0.5) is 0 Å². The number of nitrogens with zero attached hydrogens (tertiary/aromatic N) is 2. The molecule has 1 heterocycles. The van der Waals surface area contributed by atoms with Crippen LogP contribution in [0, 0.1) is 5.92 Å². The van der Waals surface area contributed by atoms with Gasteiger partial charge >= 0.3 is 5.97 Å². The van der Waals surface area contributed by atoms with E-state index < -0.39 is 22.2 Å². The molecule has 2 aliphatic rings. The third kappa shape index (κ3) is 2.61. The van der Waals surface area contributed by atoms with Crippen molar-refractivity contribution in [1.82, 2.24) is 8.61 Å². The van der Waals surface area contributed by atoms with Gasteiger partial charge in [0, 0.05) is 20.1 Å². The second-order valence-electron chi connectivity index (χ2n) is 4.84. The van der Waals surface area contributed by atoms with Crippen LogP contribution in [0.15, 0.2) is 0 Å². The van der Waals surface area contributed by atoms with E-state index in [1.807, 2.05) is 0 Å². The first kappa shape index (κ1) is 12.8. The Kier molecular flexibility index (Phi) is 3.42. The predicted molar refractivity (Wildman–Crippen MR) is 61.6 cm³/mol. The molecule has 0 radical (unpaired) electrons. The maximum atomic E-state index is 12.2. The quantitative estimate of drug-likeness (QED) is 0.763. The van der Waals surface area contributed by atoms with Crippen LogP contribution in [-0.2, 0) is 15.0 Å². The SMILES string of the molecule is CN(CC1CC1)S(=O)(=O)N1CCCC1C(=O)O. The molecule has 1 atom stereocenters. The van der Waals surface area contributed by atoms with E-state index >= 15 is 0 Å². The Labute approximate surface area is 101 Å². The number of carboxylic acids is 1. The Balaban J connectivity index is 2.10. The van der Waals surface area contributed by atoms with Crippen LogP contribution in [0.3, 0.4) is 0 Å². The van der Waals surface area contributed by atoms with Gasteiger partial charge in [0.15, 0.2) is 0 Å². The molecule has 0 aromatic rings. The van der Waals surface area contributed by atoms with E-state index in [-0.39, 0.29) is 0 Å². The molecule has 0 amide bonds. The molecule has 1 saturated heterocycles. The van der Waals surface area contributed by atoms with Gasteiger partial charge in [-0.2, -0.15) is 17.0 Å². The van der Waals surface area contributed by atoms with E-state index in [0.29, 0.717) is 31.8 Å². The standard InChI is InChI=1S/C10H18N2O4S/c1-11(7-8-4-5-8)17(15,16)12-6-2-3-9(12)10(13)14/h8-9H,2-7H2,1H3,(H,13,14). The fourth-order valence-electron chi connectivity index (χ4n) is 2.20. The fourth-order valence-corrected chi connectivity index (χ4v) is 3.83. The topological polar surface area (TPSA) is 77.9 Å². The molecule has 0 spiro atoms. The van der Waals surface area contributed by atoms with Crippen LogP contribution in [0.1, 0.15) is 25.7 Å². The maximum Gasteiger partial charge on any atom is 0.322 e. The Hall–Kier alpha value is -0.660. The molecule has 6 nitrogen and oxygen atoms in total. The highest BCUT2D eigenvalue weighted by Crippen LogP contribution is 2.31. The summed E-state index contributed by atoms with van der Waals surface area (Å²) in [4.78, 5) is 11.0. The van der Waals surface area contributed by atoms with Crippen LogP contribution >= 0.6 is 0 Å². The van der Waals surface area contributed by atoms with Crippen LogP contribution in [0.2, 0.25) is 0 Å². The molecule has 7 heteroatoms. The lowest BCUT2D eigenvalue weighted by molar-refractivity contribution is -0.140. The molecule has 0 bridgehead atoms. The summed E-state index contributed by atoms with van der Waals surface area (Å²) < 4.78 is 26.8. The van der Waals surface area contributed by atoms with Crippen molar-refractivity contribution in [2.45, 2.75) is 31.7 Å². The molecule has 1 N–H and O–H groups in total. The summed E-state index contributed by atoms with van der Waals surface area (Å²) in [6.07, 6.45) is 3.17. The van der Waals surface area contributed by atoms with Gasteiger partial charge in [0.2, 0.25) is 0 Å². The van der Waals surface area contributed by atoms with Gasteiger partial charge in [-0.25, -0.2) is 0 Å². The Bertz CT molecular complexity index is 405. The summed E-state index contributed by atoms with van der Waals surface area (Å²) in [7, 11) is -2.07. The Morgan fingerprint density at radius 1 is 1.41 bits per heavy atom. The molecule has 2 rings (SSSR count). The van der Waals surface area contributed by atoms with Gasteiger partial charge in [-0.05, 0) is 31.6 Å². The third-order valence-corrected chi connectivity index (χ3v) is 5.36. The summed E-state index contributed by atoms with van der Waals surface area (Å²) in [6.45, 7) is 0.819. The molecule has 1 aliphatic heterocycles. The van der Waals surface area contributed by atoms with Crippen LogP contribution < -0.4 is 0 Å². The number of hydrogen-bond donors (Lipinski definition) is 1. The lowest BCUT2D eigenvalue weighted by Gasteiger charge is -2.26. The summed E-state index contributed by atoms with van der Waals surface area (Å²) in [5, 5.41) is 9.00. The van der Waals surface area contributed by atoms with E-state index in [0.717, 1.165) is 17.1 Å². The second-order valence-corrected chi connectivity index (χ2v) is 6.83. The normalized spacial score (nSPS) is 26.6. The van der Waals surface area contributed by atoms with Crippen molar-refractivity contribution in [1.29, 1.82) is 0 Å². The monoisotopic (exact) mass is 262 g/mol. The van der Waals surface area contributed by atoms with Crippen LogP contribution in [0.25, 0.3) is 0 Å². The molecule has 1 unspecified atom stereocenters. The summed E-state index contributed by atoms with van der Waals surface area (Å²) >= 11 is 0. The number of rotatable bonds is 5. The summed E-state index contributed by atoms with van der Waals surface area (Å²) in [6, 6.07) is -0.887. The van der Waals surface area contributed by atoms with Crippen molar-refractivity contribution in [2.24, 2.45) is 5.92 Å². The first-order valence-electron chi connectivity index (χ1n) is 5.89. The minimum absolute atomic E-state index is 0.314. The van der Waals surface area contributed by atoms with Crippen LogP contribution in [0.5, 0.6) is 0 Å². The number of carboxylic acid groups (broad SMARTS) is 1. The average molecular weight is 262 g/mol. The number of carbonyl (C=O) groups is 1. The maximum absolute atomic E-state index is 12.2. The molecule has 17 heavy (non-hydrogen) atoms. The van der Waals surface area contributed by atoms with E-state index in [4.69, 9.17) is 5.11 Å². The van der Waals surface area contributed by atoms with Crippen LogP contribution in [-0.4, -0.2) is 54.3 Å². The fraction of sp³-hybridized carbons (Fsp3) is 0.900. The molecular weight excluding hydrogens is 244 g/mol. The molecule has 0 aromatic heterocycles. The van der Waals surface area contributed by atoms with Gasteiger partial charge in [0.25, 0.3) is 10.2 Å². The molecule has 1 aliphatic carbocycles. The minimum Gasteiger partial charge on any atom is -0.480 e. The van der Waals surface area contributed by atoms with Gasteiger partial charge < -0.3 is 5.11 Å². The van der Waals surface area contributed by atoms with Crippen molar-refractivity contribution >= 4 is 16.2 Å². The molecule has 98 valence electrons. The summed E-state index contributed by atoms with van der Waals surface area (Å²) in [5.41, 5.74) is 0. The van der Waals surface area contributed by atoms with Gasteiger partial charge in [0.05, 0.1) is 0 Å². The predicted octanol–water partition coefficient (Wildman–Crippen LogP) is 0.122. The van der Waals surface area contributed by atoms with Crippen molar-refractivity contribution in [3.8, 4) is 0 Å². The zero-order valence-electron chi connectivity index (χ0n) is 9.87. The first-order valence-corrected chi connectivity index (χ1v) is 7.28. The Morgan fingerprint density at radius 2 is 2.06 bits per heavy atom. The average Bonchev–Trinajstić information content (AvgIpc) is 2.91. The van der Waals surface area contributed by atoms with E-state index in [2.05, 4.69) is 0 Å². The van der Waals surface area contributed by atoms with E-state index in [1.165, 1.54) is 11.4 Å². The lowest BCUT2D eigenvalue weighted by atomic mass is 10.2. The van der Waals surface area contributed by atoms with Crippen molar-refractivity contribution in [3.63, 3.8) is 0 Å². The third-order valence-electron chi connectivity index (χ3n) is 3.39. The molecule has 2 fully saturated rings. The highest BCUT2D eigenvalue weighted by Gasteiger charge is 2.41. The van der Waals surface area contributed by atoms with Gasteiger partial charge in [-0.3, -0.25) is 4.79 Å². The lowest BCUT2D eigenvalue weighted by Crippen LogP contribution is -2.47. The van der Waals surface area contributed by atoms with Gasteiger partial charge in [-0.1, -0.05) is 0 Å². The van der Waals surface area contributed by atoms with E-state index in [9.17, 15) is 13.2 Å². The van der Waals surface area contributed by atoms with Gasteiger partial charge in [-0.15, -0.1) is 0 Å². The summed E-state index contributed by atoms with van der Waals surface area (Å²) in [5.74, 6) is -0.591. The largest absolute Gasteiger partial charge is 0.480 e. The number of aliphatic carboxylic acids is 1. The number of hydrogen-bond acceptors (Lipinski definition) is 3. The van der Waals surface area contributed by atoms with Crippen molar-refractivity contribution in [2.75, 3.05) is 20.1 Å². The van der Waals surface area contributed by atoms with Gasteiger partial charge in [0.1, 0.15) is 6.04 Å². The van der Waals surface area contributed by atoms with E-state index in [1.54, 1.807) is 0 Å². The molecular formula is C10H18N2O4S. The minimum atomic E-state index is -3.60.